The number of carbonyl (C=O) groups excluding carboxylic acids is 2. The first kappa shape index (κ1) is 29.5. The third-order valence-corrected chi connectivity index (χ3v) is 5.62. The van der Waals surface area contributed by atoms with E-state index in [9.17, 15) is 9.59 Å². The Bertz CT molecular complexity index is 754. The van der Waals surface area contributed by atoms with Crippen LogP contribution in [0.5, 0.6) is 11.5 Å². The van der Waals surface area contributed by atoms with Crippen LogP contribution in [-0.4, -0.2) is 39.4 Å². The van der Waals surface area contributed by atoms with Gasteiger partial charge in [-0.05, 0) is 67.7 Å². The summed E-state index contributed by atoms with van der Waals surface area (Å²) < 4.78 is 21.2. The molecule has 0 aliphatic rings. The second kappa shape index (κ2) is 17.9. The number of hydrogen-bond donors (Lipinski definition) is 0. The molecule has 192 valence electrons. The molecule has 0 atom stereocenters. The van der Waals surface area contributed by atoms with E-state index in [-0.39, 0.29) is 0 Å². The Morgan fingerprint density at radius 3 is 1.74 bits per heavy atom. The molecule has 34 heavy (non-hydrogen) atoms. The first-order valence-electron chi connectivity index (χ1n) is 12.7. The van der Waals surface area contributed by atoms with Gasteiger partial charge in [0.1, 0.15) is 0 Å². The van der Waals surface area contributed by atoms with Gasteiger partial charge < -0.3 is 18.9 Å². The fourth-order valence-corrected chi connectivity index (χ4v) is 3.65. The minimum atomic E-state index is -0.525. The van der Waals surface area contributed by atoms with Crippen molar-refractivity contribution < 1.29 is 28.5 Å². The molecule has 0 bridgehead atoms. The minimum Gasteiger partial charge on any atom is -0.493 e. The van der Waals surface area contributed by atoms with Crippen LogP contribution in [0.2, 0.25) is 0 Å². The van der Waals surface area contributed by atoms with E-state index in [1.54, 1.807) is 14.2 Å². The molecule has 0 saturated heterocycles. The predicted octanol–water partition coefficient (Wildman–Crippen LogP) is 6.23. The number of hydrogen-bond acceptors (Lipinski definition) is 6. The highest BCUT2D eigenvalue weighted by Gasteiger charge is 2.12. The standard InChI is InChI=1S/C28H44O6/c1-6-7-8-10-18-33-27(29)16-17-28(30)34-19-11-9-14-23-20-25(31-4)26(32-5)21-24(23)15-12-13-22(2)3/h16-17,20-22H,6-15,18-19H2,1-5H3/b17-16+. The Kier molecular flexibility index (Phi) is 15.6. The van der Waals surface area contributed by atoms with Crippen molar-refractivity contribution in [3.63, 3.8) is 0 Å². The van der Waals surface area contributed by atoms with E-state index in [2.05, 4.69) is 32.9 Å². The molecule has 0 saturated carbocycles. The van der Waals surface area contributed by atoms with Gasteiger partial charge in [-0.15, -0.1) is 0 Å². The lowest BCUT2D eigenvalue weighted by Crippen LogP contribution is -2.06. The van der Waals surface area contributed by atoms with E-state index in [1.165, 1.54) is 17.5 Å². The molecule has 1 rings (SSSR count). The molecular weight excluding hydrogens is 432 g/mol. The highest BCUT2D eigenvalue weighted by atomic mass is 16.5. The van der Waals surface area contributed by atoms with Gasteiger partial charge in [-0.25, -0.2) is 9.59 Å². The van der Waals surface area contributed by atoms with Gasteiger partial charge in [0.05, 0.1) is 27.4 Å². The first-order valence-corrected chi connectivity index (χ1v) is 12.7. The molecule has 1 aromatic carbocycles. The van der Waals surface area contributed by atoms with Gasteiger partial charge in [-0.3, -0.25) is 0 Å². The van der Waals surface area contributed by atoms with Crippen molar-refractivity contribution in [1.82, 2.24) is 0 Å². The Balaban J connectivity index is 2.44. The Morgan fingerprint density at radius 2 is 1.26 bits per heavy atom. The molecule has 0 unspecified atom stereocenters. The normalized spacial score (nSPS) is 11.1. The van der Waals surface area contributed by atoms with Crippen LogP contribution in [0.4, 0.5) is 0 Å². The van der Waals surface area contributed by atoms with Crippen LogP contribution in [0.25, 0.3) is 0 Å². The van der Waals surface area contributed by atoms with Gasteiger partial charge in [0.2, 0.25) is 0 Å². The molecule has 0 amide bonds. The third kappa shape index (κ3) is 12.7. The second-order valence-corrected chi connectivity index (χ2v) is 8.95. The van der Waals surface area contributed by atoms with Crippen LogP contribution >= 0.6 is 0 Å². The monoisotopic (exact) mass is 476 g/mol. The molecule has 0 aromatic heterocycles. The summed E-state index contributed by atoms with van der Waals surface area (Å²) in [6.07, 6.45) is 12.2. The molecule has 6 heteroatoms. The maximum Gasteiger partial charge on any atom is 0.331 e. The van der Waals surface area contributed by atoms with Crippen LogP contribution in [0.15, 0.2) is 24.3 Å². The lowest BCUT2D eigenvalue weighted by Gasteiger charge is -2.15. The molecule has 0 radical (unpaired) electrons. The van der Waals surface area contributed by atoms with Crippen LogP contribution < -0.4 is 9.47 Å². The summed E-state index contributed by atoms with van der Waals surface area (Å²) in [6, 6.07) is 4.15. The molecule has 0 fully saturated rings. The van der Waals surface area contributed by atoms with Gasteiger partial charge in [-0.2, -0.15) is 0 Å². The molecule has 0 N–H and O–H groups in total. The summed E-state index contributed by atoms with van der Waals surface area (Å²) in [5.41, 5.74) is 2.53. The van der Waals surface area contributed by atoms with Gasteiger partial charge >= 0.3 is 11.9 Å². The topological polar surface area (TPSA) is 71.1 Å². The summed E-state index contributed by atoms with van der Waals surface area (Å²) in [5.74, 6) is 1.14. The van der Waals surface area contributed by atoms with Crippen molar-refractivity contribution in [3.8, 4) is 11.5 Å². The summed E-state index contributed by atoms with van der Waals surface area (Å²) in [5, 5.41) is 0. The number of aryl methyl sites for hydroxylation is 2. The van der Waals surface area contributed by atoms with E-state index >= 15 is 0 Å². The van der Waals surface area contributed by atoms with Gasteiger partial charge in [0.15, 0.2) is 11.5 Å². The van der Waals surface area contributed by atoms with Crippen molar-refractivity contribution in [1.29, 1.82) is 0 Å². The SMILES string of the molecule is CCCCCCOC(=O)/C=C/C(=O)OCCCCc1cc(OC)c(OC)cc1CCCC(C)C. The predicted molar refractivity (Wildman–Crippen MR) is 135 cm³/mol. The zero-order valence-electron chi connectivity index (χ0n) is 21.8. The number of benzene rings is 1. The molecule has 1 aromatic rings. The average Bonchev–Trinajstić information content (AvgIpc) is 2.82. The number of rotatable bonds is 18. The number of ether oxygens (including phenoxy) is 4. The molecular formula is C28H44O6. The van der Waals surface area contributed by atoms with E-state index in [0.717, 1.165) is 81.4 Å². The number of unbranched alkanes of at least 4 members (excludes halogenated alkanes) is 4. The quantitative estimate of drug-likeness (QED) is 0.142. The molecule has 0 aliphatic heterocycles. The zero-order valence-corrected chi connectivity index (χ0v) is 21.8. The molecule has 6 nitrogen and oxygen atoms in total. The van der Waals surface area contributed by atoms with Gasteiger partial charge in [0, 0.05) is 12.2 Å². The van der Waals surface area contributed by atoms with Crippen LogP contribution in [0.1, 0.15) is 83.3 Å². The first-order chi connectivity index (χ1) is 16.4. The van der Waals surface area contributed by atoms with Crippen molar-refractivity contribution in [2.24, 2.45) is 5.92 Å². The lowest BCUT2D eigenvalue weighted by atomic mass is 9.95. The van der Waals surface area contributed by atoms with E-state index < -0.39 is 11.9 Å². The lowest BCUT2D eigenvalue weighted by molar-refractivity contribution is -0.140. The summed E-state index contributed by atoms with van der Waals surface area (Å²) in [7, 11) is 3.31. The summed E-state index contributed by atoms with van der Waals surface area (Å²) in [4.78, 5) is 23.4. The zero-order chi connectivity index (χ0) is 25.2. The molecule has 0 heterocycles. The Morgan fingerprint density at radius 1 is 0.765 bits per heavy atom. The van der Waals surface area contributed by atoms with Gasteiger partial charge in [0.25, 0.3) is 0 Å². The average molecular weight is 477 g/mol. The number of esters is 2. The summed E-state index contributed by atoms with van der Waals surface area (Å²) >= 11 is 0. The highest BCUT2D eigenvalue weighted by molar-refractivity contribution is 5.91. The van der Waals surface area contributed by atoms with E-state index in [0.29, 0.717) is 19.1 Å². The third-order valence-electron chi connectivity index (χ3n) is 5.62. The minimum absolute atomic E-state index is 0.311. The van der Waals surface area contributed by atoms with E-state index in [1.807, 2.05) is 0 Å². The van der Waals surface area contributed by atoms with Crippen molar-refractivity contribution in [3.05, 3.63) is 35.4 Å². The van der Waals surface area contributed by atoms with Crippen molar-refractivity contribution >= 4 is 11.9 Å². The number of carbonyl (C=O) groups is 2. The van der Waals surface area contributed by atoms with E-state index in [4.69, 9.17) is 18.9 Å². The Hall–Kier alpha value is -2.50. The fraction of sp³-hybridized carbons (Fsp3) is 0.643. The van der Waals surface area contributed by atoms with Crippen molar-refractivity contribution in [2.75, 3.05) is 27.4 Å². The smallest absolute Gasteiger partial charge is 0.331 e. The van der Waals surface area contributed by atoms with Gasteiger partial charge in [-0.1, -0.05) is 46.5 Å². The second-order valence-electron chi connectivity index (χ2n) is 8.95. The highest BCUT2D eigenvalue weighted by Crippen LogP contribution is 2.32. The van der Waals surface area contributed by atoms with Crippen LogP contribution in [0, 0.1) is 5.92 Å². The Labute approximate surface area is 206 Å². The fourth-order valence-electron chi connectivity index (χ4n) is 3.65. The molecule has 0 spiro atoms. The largest absolute Gasteiger partial charge is 0.493 e. The maximum absolute atomic E-state index is 11.8. The maximum atomic E-state index is 11.8. The molecule has 0 aliphatic carbocycles. The van der Waals surface area contributed by atoms with Crippen LogP contribution in [0.3, 0.4) is 0 Å². The van der Waals surface area contributed by atoms with Crippen molar-refractivity contribution in [2.45, 2.75) is 85.0 Å². The van der Waals surface area contributed by atoms with Crippen LogP contribution in [-0.2, 0) is 31.9 Å². The number of methoxy groups -OCH3 is 2. The summed E-state index contributed by atoms with van der Waals surface area (Å²) in [6.45, 7) is 7.30.